The summed E-state index contributed by atoms with van der Waals surface area (Å²) in [6.07, 6.45) is 2.48. The highest BCUT2D eigenvalue weighted by atomic mass is 32.2. The van der Waals surface area contributed by atoms with Gasteiger partial charge in [-0.1, -0.05) is 0 Å². The van der Waals surface area contributed by atoms with Crippen LogP contribution in [0, 0.1) is 0 Å². The molecule has 0 aromatic carbocycles. The Bertz CT molecular complexity index is 659. The summed E-state index contributed by atoms with van der Waals surface area (Å²) in [5.41, 5.74) is 5.62. The van der Waals surface area contributed by atoms with Crippen molar-refractivity contribution in [2.24, 2.45) is 10.7 Å². The largest absolute Gasteiger partial charge is 0.356 e. The van der Waals surface area contributed by atoms with E-state index in [1.165, 1.54) is 24.1 Å². The van der Waals surface area contributed by atoms with Gasteiger partial charge < -0.3 is 10.6 Å². The number of carbonyl (C=O) groups excluding carboxylic acids is 2. The summed E-state index contributed by atoms with van der Waals surface area (Å²) in [5.74, 6) is -0.541. The minimum absolute atomic E-state index is 0.00618. The maximum atomic E-state index is 11.7. The first-order valence-electron chi connectivity index (χ1n) is 5.24. The third-order valence-corrected chi connectivity index (χ3v) is 4.11. The lowest BCUT2D eigenvalue weighted by Crippen LogP contribution is -2.32. The second kappa shape index (κ2) is 4.28. The lowest BCUT2D eigenvalue weighted by Gasteiger charge is -2.20. The van der Waals surface area contributed by atoms with Gasteiger partial charge in [0.25, 0.3) is 10.1 Å². The van der Waals surface area contributed by atoms with Crippen molar-refractivity contribution in [3.63, 3.8) is 0 Å². The van der Waals surface area contributed by atoms with Gasteiger partial charge in [0.05, 0.1) is 0 Å². The maximum Gasteiger partial charge on any atom is 0.339 e. The molecule has 1 heterocycles. The van der Waals surface area contributed by atoms with E-state index in [4.69, 9.17) is 10.3 Å². The lowest BCUT2D eigenvalue weighted by molar-refractivity contribution is -0.108. The number of allylic oxidation sites excluding steroid dienone is 3. The number of primary amides is 1. The molecule has 1 saturated heterocycles. The predicted octanol–water partition coefficient (Wildman–Crippen LogP) is -0.551. The van der Waals surface area contributed by atoms with Crippen LogP contribution in [0.4, 0.5) is 4.79 Å². The molecule has 0 aromatic rings. The molecule has 1 unspecified atom stereocenters. The smallest absolute Gasteiger partial charge is 0.339 e. The molecule has 0 spiro atoms. The summed E-state index contributed by atoms with van der Waals surface area (Å²) in [6, 6.07) is -1.00. The fourth-order valence-corrected chi connectivity index (χ4v) is 2.99. The molecule has 0 saturated carbocycles. The van der Waals surface area contributed by atoms with Crippen molar-refractivity contribution in [3.05, 3.63) is 23.4 Å². The second-order valence-electron chi connectivity index (χ2n) is 4.18. The predicted molar refractivity (Wildman–Crippen MR) is 65.9 cm³/mol. The Labute approximate surface area is 109 Å². The summed E-state index contributed by atoms with van der Waals surface area (Å²) in [4.78, 5) is 27.0. The number of amides is 2. The zero-order valence-electron chi connectivity index (χ0n) is 9.90. The average Bonchev–Trinajstić information content (AvgIpc) is 2.56. The van der Waals surface area contributed by atoms with Crippen molar-refractivity contribution in [2.75, 3.05) is 7.05 Å². The summed E-state index contributed by atoms with van der Waals surface area (Å²) >= 11 is 0. The number of urea groups is 1. The van der Waals surface area contributed by atoms with Gasteiger partial charge in [-0.25, -0.2) is 4.79 Å². The Morgan fingerprint density at radius 3 is 2.68 bits per heavy atom. The van der Waals surface area contributed by atoms with Crippen molar-refractivity contribution >= 4 is 27.6 Å². The fourth-order valence-electron chi connectivity index (χ4n) is 2.08. The molecule has 2 rings (SSSR count). The van der Waals surface area contributed by atoms with Crippen molar-refractivity contribution in [1.29, 1.82) is 0 Å². The number of likely N-dealkylation sites (tertiary alicyclic amines) is 1. The fraction of sp³-hybridized carbons (Fsp3) is 0.300. The standard InChI is InChI=1S/C10H11N3O5S/c1-13-7-4-8(14)6(12-10(11)15)2-5(7)3-9(13)19(16,17)18/h2,4,9H,3H2,1H3,(H2,11,15)(H,16,17,18). The number of ketones is 1. The molecule has 19 heavy (non-hydrogen) atoms. The van der Waals surface area contributed by atoms with Crippen LogP contribution in [0.25, 0.3) is 0 Å². The Balaban J connectivity index is 2.45. The van der Waals surface area contributed by atoms with Gasteiger partial charge in [0.1, 0.15) is 5.71 Å². The topological polar surface area (TPSA) is 130 Å². The van der Waals surface area contributed by atoms with Crippen LogP contribution in [0.2, 0.25) is 0 Å². The highest BCUT2D eigenvalue weighted by molar-refractivity contribution is 7.86. The highest BCUT2D eigenvalue weighted by Gasteiger charge is 2.39. The SMILES string of the molecule is CN1C2=CC(=O)C(=NC(N)=O)C=C2CC1S(=O)(=O)O. The number of nitrogens with zero attached hydrogens (tertiary/aromatic N) is 2. The van der Waals surface area contributed by atoms with E-state index in [-0.39, 0.29) is 12.1 Å². The van der Waals surface area contributed by atoms with E-state index in [9.17, 15) is 18.0 Å². The van der Waals surface area contributed by atoms with E-state index in [1.807, 2.05) is 0 Å². The molecule has 1 atom stereocenters. The van der Waals surface area contributed by atoms with E-state index < -0.39 is 27.3 Å². The first-order valence-corrected chi connectivity index (χ1v) is 6.74. The van der Waals surface area contributed by atoms with Crippen LogP contribution in [-0.2, 0) is 14.9 Å². The van der Waals surface area contributed by atoms with Crippen LogP contribution in [-0.4, -0.2) is 47.8 Å². The number of fused-ring (bicyclic) bond motifs is 1. The molecular formula is C10H11N3O5S. The molecule has 1 aliphatic heterocycles. The van der Waals surface area contributed by atoms with Gasteiger partial charge in [0.2, 0.25) is 5.78 Å². The molecule has 2 aliphatic rings. The normalized spacial score (nSPS) is 25.2. The number of carbonyl (C=O) groups is 2. The van der Waals surface area contributed by atoms with Gasteiger partial charge in [-0.3, -0.25) is 9.35 Å². The van der Waals surface area contributed by atoms with E-state index in [2.05, 4.69) is 4.99 Å². The van der Waals surface area contributed by atoms with E-state index in [0.717, 1.165) is 0 Å². The Kier molecular flexibility index (Phi) is 3.03. The van der Waals surface area contributed by atoms with Gasteiger partial charge in [-0.2, -0.15) is 13.4 Å². The second-order valence-corrected chi connectivity index (χ2v) is 5.76. The number of hydrogen-bond donors (Lipinski definition) is 2. The molecule has 0 radical (unpaired) electrons. The number of rotatable bonds is 1. The third kappa shape index (κ3) is 2.42. The Morgan fingerprint density at radius 1 is 1.53 bits per heavy atom. The number of likely N-dealkylation sites (N-methyl/N-ethyl adjacent to an activating group) is 1. The first-order chi connectivity index (χ1) is 8.70. The van der Waals surface area contributed by atoms with Crippen LogP contribution in [0.5, 0.6) is 0 Å². The van der Waals surface area contributed by atoms with Crippen LogP contribution in [0.1, 0.15) is 6.42 Å². The van der Waals surface area contributed by atoms with E-state index in [1.54, 1.807) is 0 Å². The molecular weight excluding hydrogens is 274 g/mol. The molecule has 8 nitrogen and oxygen atoms in total. The van der Waals surface area contributed by atoms with Crippen LogP contribution < -0.4 is 5.73 Å². The van der Waals surface area contributed by atoms with Crippen molar-refractivity contribution in [1.82, 2.24) is 4.90 Å². The third-order valence-electron chi connectivity index (χ3n) is 2.94. The Hall–Kier alpha value is -2.00. The average molecular weight is 285 g/mol. The van der Waals surface area contributed by atoms with Crippen molar-refractivity contribution < 1.29 is 22.6 Å². The molecule has 102 valence electrons. The van der Waals surface area contributed by atoms with Crippen LogP contribution in [0.15, 0.2) is 28.4 Å². The maximum absolute atomic E-state index is 11.7. The molecule has 2 amide bonds. The van der Waals surface area contributed by atoms with E-state index in [0.29, 0.717) is 11.3 Å². The monoisotopic (exact) mass is 285 g/mol. The number of nitrogens with two attached hydrogens (primary N) is 1. The summed E-state index contributed by atoms with van der Waals surface area (Å²) in [6.45, 7) is 0. The molecule has 1 fully saturated rings. The van der Waals surface area contributed by atoms with Crippen molar-refractivity contribution in [2.45, 2.75) is 11.8 Å². The van der Waals surface area contributed by atoms with Crippen LogP contribution in [0.3, 0.4) is 0 Å². The van der Waals surface area contributed by atoms with Crippen molar-refractivity contribution in [3.8, 4) is 0 Å². The molecule has 9 heteroatoms. The minimum atomic E-state index is -4.27. The zero-order chi connectivity index (χ0) is 14.4. The number of hydrogen-bond acceptors (Lipinski definition) is 5. The lowest BCUT2D eigenvalue weighted by atomic mass is 10.0. The summed E-state index contributed by atoms with van der Waals surface area (Å²) in [5, 5.41) is -1.15. The quantitative estimate of drug-likeness (QED) is 0.491. The van der Waals surface area contributed by atoms with Gasteiger partial charge in [0.15, 0.2) is 5.37 Å². The molecule has 0 bridgehead atoms. The Morgan fingerprint density at radius 2 is 2.16 bits per heavy atom. The van der Waals surface area contributed by atoms with Gasteiger partial charge >= 0.3 is 6.03 Å². The summed E-state index contributed by atoms with van der Waals surface area (Å²) in [7, 11) is -2.81. The van der Waals surface area contributed by atoms with Gasteiger partial charge in [-0.15, -0.1) is 0 Å². The molecule has 3 N–H and O–H groups in total. The van der Waals surface area contributed by atoms with Crippen LogP contribution >= 0.6 is 0 Å². The van der Waals surface area contributed by atoms with Gasteiger partial charge in [-0.05, 0) is 11.6 Å². The number of aliphatic imine (C=N–C) groups is 1. The zero-order valence-corrected chi connectivity index (χ0v) is 10.7. The highest BCUT2D eigenvalue weighted by Crippen LogP contribution is 2.35. The first kappa shape index (κ1) is 13.4. The van der Waals surface area contributed by atoms with E-state index >= 15 is 0 Å². The molecule has 0 aromatic heterocycles. The minimum Gasteiger partial charge on any atom is -0.356 e. The summed E-state index contributed by atoms with van der Waals surface area (Å²) < 4.78 is 31.5. The van der Waals surface area contributed by atoms with Gasteiger partial charge in [0, 0.05) is 25.2 Å². The molecule has 1 aliphatic carbocycles.